The fourth-order valence-electron chi connectivity index (χ4n) is 0.864. The van der Waals surface area contributed by atoms with E-state index in [4.69, 9.17) is 0 Å². The van der Waals surface area contributed by atoms with Crippen molar-refractivity contribution in [2.75, 3.05) is 18.1 Å². The van der Waals surface area contributed by atoms with Crippen LogP contribution in [0.15, 0.2) is 12.7 Å². The summed E-state index contributed by atoms with van der Waals surface area (Å²) < 4.78 is 41.2. The zero-order valence-electron chi connectivity index (χ0n) is 6.84. The summed E-state index contributed by atoms with van der Waals surface area (Å²) in [5.74, 6) is 0.491. The molecule has 13 heavy (non-hydrogen) atoms. The first-order valence-corrected chi connectivity index (χ1v) is 6.39. The summed E-state index contributed by atoms with van der Waals surface area (Å²) in [5, 5.41) is 0. The minimum absolute atomic E-state index is 0.0504. The Balaban J connectivity index is 2.36. The normalized spacial score (nSPS) is 28.5. The lowest BCUT2D eigenvalue weighted by Gasteiger charge is -2.10. The van der Waals surface area contributed by atoms with E-state index in [1.807, 2.05) is 0 Å². The second kappa shape index (κ2) is 4.43. The van der Waals surface area contributed by atoms with Gasteiger partial charge >= 0.3 is 10.4 Å². The Morgan fingerprint density at radius 2 is 2.38 bits per heavy atom. The molecular formula is C6H10O5S2. The Bertz CT molecular complexity index is 273. The lowest BCUT2D eigenvalue weighted by Crippen LogP contribution is -2.24. The average molecular weight is 226 g/mol. The highest BCUT2D eigenvalue weighted by molar-refractivity contribution is 7.91. The first kappa shape index (κ1) is 11.0. The van der Waals surface area contributed by atoms with E-state index in [-0.39, 0.29) is 12.4 Å². The molecular weight excluding hydrogens is 216 g/mol. The molecule has 1 fully saturated rings. The van der Waals surface area contributed by atoms with Gasteiger partial charge in [0.15, 0.2) is 0 Å². The van der Waals surface area contributed by atoms with Crippen LogP contribution >= 0.6 is 0 Å². The summed E-state index contributed by atoms with van der Waals surface area (Å²) in [7, 11) is -3.82. The van der Waals surface area contributed by atoms with Gasteiger partial charge in [-0.2, -0.15) is 8.42 Å². The summed E-state index contributed by atoms with van der Waals surface area (Å²) in [6, 6.07) is 0. The second-order valence-corrected chi connectivity index (χ2v) is 5.26. The third kappa shape index (κ3) is 3.65. The molecule has 0 bridgehead atoms. The van der Waals surface area contributed by atoms with Gasteiger partial charge in [-0.1, -0.05) is 6.58 Å². The van der Waals surface area contributed by atoms with Crippen LogP contribution in [0, 0.1) is 0 Å². The molecule has 0 aromatic rings. The van der Waals surface area contributed by atoms with Crippen LogP contribution in [0.5, 0.6) is 0 Å². The third-order valence-corrected chi connectivity index (χ3v) is 3.61. The molecule has 0 N–H and O–H groups in total. The average Bonchev–Trinajstić information content (AvgIpc) is 2.30. The van der Waals surface area contributed by atoms with Gasteiger partial charge in [-0.3, -0.25) is 0 Å². The zero-order valence-corrected chi connectivity index (χ0v) is 8.47. The maximum absolute atomic E-state index is 11.1. The highest BCUT2D eigenvalue weighted by Crippen LogP contribution is 2.14. The predicted molar refractivity (Wildman–Crippen MR) is 47.8 cm³/mol. The van der Waals surface area contributed by atoms with Crippen LogP contribution < -0.4 is 0 Å². The Labute approximate surface area is 80.2 Å². The monoisotopic (exact) mass is 226 g/mol. The molecule has 5 nitrogen and oxygen atoms in total. The first-order valence-electron chi connectivity index (χ1n) is 3.57. The van der Waals surface area contributed by atoms with E-state index in [1.165, 1.54) is 6.08 Å². The fraction of sp³-hybridized carbons (Fsp3) is 0.667. The van der Waals surface area contributed by atoms with Crippen LogP contribution in [0.25, 0.3) is 0 Å². The van der Waals surface area contributed by atoms with Gasteiger partial charge in [-0.05, 0) is 17.3 Å². The van der Waals surface area contributed by atoms with E-state index >= 15 is 0 Å². The zero-order chi connectivity index (χ0) is 9.90. The SMILES string of the molecule is C=CC[S+]([O-])CC1COS(=O)(=O)O1. The van der Waals surface area contributed by atoms with Crippen molar-refractivity contribution in [1.29, 1.82) is 0 Å². The van der Waals surface area contributed by atoms with Gasteiger partial charge in [0, 0.05) is 0 Å². The largest absolute Gasteiger partial charge is 0.616 e. The van der Waals surface area contributed by atoms with E-state index in [2.05, 4.69) is 14.9 Å². The molecule has 76 valence electrons. The van der Waals surface area contributed by atoms with Crippen molar-refractivity contribution in [1.82, 2.24) is 0 Å². The van der Waals surface area contributed by atoms with Crippen LogP contribution in [0.4, 0.5) is 0 Å². The van der Waals surface area contributed by atoms with Crippen LogP contribution in [0.1, 0.15) is 0 Å². The molecule has 0 spiro atoms. The van der Waals surface area contributed by atoms with Gasteiger partial charge in [0.05, 0.1) is 0 Å². The summed E-state index contributed by atoms with van der Waals surface area (Å²) in [6.07, 6.45) is 0.895. The standard InChI is InChI=1S/C6H10O5S2/c1-2-3-12(7)5-6-4-10-13(8,9)11-6/h2,6H,1,3-5H2. The van der Waals surface area contributed by atoms with Crippen molar-refractivity contribution in [3.8, 4) is 0 Å². The minimum atomic E-state index is -3.82. The maximum atomic E-state index is 11.1. The first-order chi connectivity index (χ1) is 6.03. The van der Waals surface area contributed by atoms with Crippen LogP contribution in [0.3, 0.4) is 0 Å². The molecule has 1 aliphatic heterocycles. The highest BCUT2D eigenvalue weighted by atomic mass is 32.3. The lowest BCUT2D eigenvalue weighted by molar-refractivity contribution is 0.260. The minimum Gasteiger partial charge on any atom is -0.616 e. The molecule has 0 radical (unpaired) electrons. The van der Waals surface area contributed by atoms with E-state index in [9.17, 15) is 13.0 Å². The summed E-state index contributed by atoms with van der Waals surface area (Å²) in [6.45, 7) is 3.37. The van der Waals surface area contributed by atoms with E-state index < -0.39 is 27.7 Å². The van der Waals surface area contributed by atoms with Crippen LogP contribution in [-0.2, 0) is 29.9 Å². The van der Waals surface area contributed by atoms with E-state index in [0.717, 1.165) is 0 Å². The van der Waals surface area contributed by atoms with Gasteiger partial charge in [-0.25, -0.2) is 8.37 Å². The van der Waals surface area contributed by atoms with Crippen molar-refractivity contribution in [2.24, 2.45) is 0 Å². The van der Waals surface area contributed by atoms with Crippen molar-refractivity contribution in [3.63, 3.8) is 0 Å². The highest BCUT2D eigenvalue weighted by Gasteiger charge is 2.32. The Morgan fingerprint density at radius 3 is 2.85 bits per heavy atom. The third-order valence-electron chi connectivity index (χ3n) is 1.33. The topological polar surface area (TPSA) is 75.7 Å². The molecule has 0 aromatic carbocycles. The van der Waals surface area contributed by atoms with Gasteiger partial charge in [0.25, 0.3) is 0 Å². The molecule has 2 unspecified atom stereocenters. The van der Waals surface area contributed by atoms with Crippen molar-refractivity contribution >= 4 is 21.6 Å². The molecule has 1 heterocycles. The maximum Gasteiger partial charge on any atom is 0.400 e. The molecule has 1 saturated heterocycles. The number of rotatable bonds is 4. The quantitative estimate of drug-likeness (QED) is 0.481. The van der Waals surface area contributed by atoms with Gasteiger partial charge < -0.3 is 4.55 Å². The molecule has 1 aliphatic rings. The number of hydrogen-bond acceptors (Lipinski definition) is 5. The van der Waals surface area contributed by atoms with Crippen LogP contribution in [-0.4, -0.2) is 37.2 Å². The second-order valence-electron chi connectivity index (χ2n) is 2.47. The predicted octanol–water partition coefficient (Wildman–Crippen LogP) is -0.419. The van der Waals surface area contributed by atoms with E-state index in [1.54, 1.807) is 0 Å². The Kier molecular flexibility index (Phi) is 3.74. The van der Waals surface area contributed by atoms with E-state index in [0.29, 0.717) is 5.75 Å². The fourth-order valence-corrected chi connectivity index (χ4v) is 2.76. The Hall–Kier alpha value is -0.0800. The molecule has 1 rings (SSSR count). The van der Waals surface area contributed by atoms with Gasteiger partial charge in [-0.15, -0.1) is 0 Å². The molecule has 0 amide bonds. The lowest BCUT2D eigenvalue weighted by atomic mass is 10.4. The summed E-state index contributed by atoms with van der Waals surface area (Å²) >= 11 is -1.13. The van der Waals surface area contributed by atoms with Crippen molar-refractivity contribution in [2.45, 2.75) is 6.10 Å². The molecule has 2 atom stereocenters. The summed E-state index contributed by atoms with van der Waals surface area (Å²) in [5.41, 5.74) is 0. The summed E-state index contributed by atoms with van der Waals surface area (Å²) in [4.78, 5) is 0. The molecule has 0 aliphatic carbocycles. The van der Waals surface area contributed by atoms with Crippen LogP contribution in [0.2, 0.25) is 0 Å². The van der Waals surface area contributed by atoms with Gasteiger partial charge in [0.2, 0.25) is 0 Å². The van der Waals surface area contributed by atoms with Crippen molar-refractivity contribution in [3.05, 3.63) is 12.7 Å². The van der Waals surface area contributed by atoms with Crippen molar-refractivity contribution < 1.29 is 21.3 Å². The molecule has 0 saturated carbocycles. The Morgan fingerprint density at radius 1 is 1.69 bits per heavy atom. The smallest absolute Gasteiger partial charge is 0.400 e. The molecule has 0 aromatic heterocycles. The van der Waals surface area contributed by atoms with Gasteiger partial charge in [0.1, 0.15) is 24.2 Å². The molecule has 7 heteroatoms. The number of hydrogen-bond donors (Lipinski definition) is 0.